The highest BCUT2D eigenvalue weighted by Crippen LogP contribution is 2.29. The molecule has 214 valence electrons. The minimum atomic E-state index is -1.79. The molecular formula is C32H30F4N2O2S. The third kappa shape index (κ3) is 8.18. The van der Waals surface area contributed by atoms with Crippen LogP contribution < -0.4 is 4.90 Å². The van der Waals surface area contributed by atoms with Gasteiger partial charge in [0.2, 0.25) is 0 Å². The molecule has 2 aromatic carbocycles. The van der Waals surface area contributed by atoms with E-state index in [9.17, 15) is 22.4 Å². The predicted octanol–water partition coefficient (Wildman–Crippen LogP) is 9.04. The molecule has 0 spiro atoms. The molecule has 0 fully saturated rings. The third-order valence-electron chi connectivity index (χ3n) is 6.29. The van der Waals surface area contributed by atoms with Gasteiger partial charge in [0.15, 0.2) is 23.3 Å². The van der Waals surface area contributed by atoms with Gasteiger partial charge < -0.3 is 10.0 Å². The van der Waals surface area contributed by atoms with Crippen LogP contribution >= 0.6 is 11.3 Å². The van der Waals surface area contributed by atoms with Crippen molar-refractivity contribution in [3.05, 3.63) is 91.7 Å². The Kier molecular flexibility index (Phi) is 11.5. The number of anilines is 1. The normalized spacial score (nSPS) is 11.9. The molecular weight excluding hydrogens is 552 g/mol. The van der Waals surface area contributed by atoms with Gasteiger partial charge in [-0.3, -0.25) is 0 Å². The molecule has 1 N–H and O–H groups in total. The van der Waals surface area contributed by atoms with Gasteiger partial charge in [-0.1, -0.05) is 44.9 Å². The van der Waals surface area contributed by atoms with Crippen LogP contribution in [0.5, 0.6) is 0 Å². The molecule has 0 atom stereocenters. The van der Waals surface area contributed by atoms with E-state index in [4.69, 9.17) is 10.4 Å². The molecule has 0 bridgehead atoms. The van der Waals surface area contributed by atoms with Crippen LogP contribution in [-0.4, -0.2) is 24.2 Å². The van der Waals surface area contributed by atoms with Crippen LogP contribution in [0, 0.1) is 34.6 Å². The highest BCUT2D eigenvalue weighted by Gasteiger charge is 2.24. The van der Waals surface area contributed by atoms with Gasteiger partial charge in [-0.25, -0.2) is 22.4 Å². The second-order valence-electron chi connectivity index (χ2n) is 9.25. The average Bonchev–Trinajstić information content (AvgIpc) is 3.43. The Labute approximate surface area is 241 Å². The van der Waals surface area contributed by atoms with E-state index in [0.29, 0.717) is 4.88 Å². The first-order chi connectivity index (χ1) is 19.7. The summed E-state index contributed by atoms with van der Waals surface area (Å²) in [6.07, 6.45) is 10.9. The molecule has 3 rings (SSSR count). The number of hydrogen-bond donors (Lipinski definition) is 1. The Morgan fingerprint density at radius 3 is 1.83 bits per heavy atom. The molecule has 0 aliphatic carbocycles. The smallest absolute Gasteiger partial charge is 0.346 e. The Bertz CT molecular complexity index is 1460. The van der Waals surface area contributed by atoms with E-state index in [-0.39, 0.29) is 6.08 Å². The lowest BCUT2D eigenvalue weighted by atomic mass is 10.0. The van der Waals surface area contributed by atoms with Crippen molar-refractivity contribution >= 4 is 53.4 Å². The second kappa shape index (κ2) is 15.0. The minimum Gasteiger partial charge on any atom is -0.477 e. The summed E-state index contributed by atoms with van der Waals surface area (Å²) >= 11 is 1.31. The van der Waals surface area contributed by atoms with E-state index in [1.54, 1.807) is 6.07 Å². The van der Waals surface area contributed by atoms with Gasteiger partial charge in [0.25, 0.3) is 0 Å². The van der Waals surface area contributed by atoms with Crippen molar-refractivity contribution in [2.45, 2.75) is 39.5 Å². The average molecular weight is 583 g/mol. The number of carboxylic acid groups (broad SMARTS) is 1. The molecule has 0 saturated heterocycles. The SMILES string of the molecule is CCCCN(CCCC)c1ccc(C=Cc2ccc(C=Cc3c(F)c(F)c(C=C(C#N)C(=O)O)c(F)c3F)s2)cc1. The standard InChI is InChI=1S/C32H30F4N2O2S/c1-3-5-17-38(18-6-4-2)23-10-7-21(8-11-23)9-12-24-13-14-25(41-24)15-16-26-28(33)30(35)27(31(36)29(26)34)19-22(20-37)32(39)40/h7-16,19H,3-6,17-18H2,1-2H3,(H,39,40). The van der Waals surface area contributed by atoms with Crippen LogP contribution in [0.3, 0.4) is 0 Å². The van der Waals surface area contributed by atoms with Crippen LogP contribution in [0.4, 0.5) is 23.2 Å². The highest BCUT2D eigenvalue weighted by molar-refractivity contribution is 7.13. The molecule has 0 radical (unpaired) electrons. The third-order valence-corrected chi connectivity index (χ3v) is 7.31. The number of unbranched alkanes of at least 4 members (excludes halogenated alkanes) is 2. The van der Waals surface area contributed by atoms with Crippen LogP contribution in [0.2, 0.25) is 0 Å². The molecule has 4 nitrogen and oxygen atoms in total. The topological polar surface area (TPSA) is 64.3 Å². The Morgan fingerprint density at radius 2 is 1.34 bits per heavy atom. The molecule has 0 amide bonds. The zero-order valence-corrected chi connectivity index (χ0v) is 23.6. The van der Waals surface area contributed by atoms with Gasteiger partial charge in [-0.15, -0.1) is 11.3 Å². The number of thiophene rings is 1. The van der Waals surface area contributed by atoms with E-state index in [0.717, 1.165) is 55.3 Å². The van der Waals surface area contributed by atoms with Gasteiger partial charge in [-0.05, 0) is 67.0 Å². The van der Waals surface area contributed by atoms with Gasteiger partial charge in [0, 0.05) is 28.5 Å². The van der Waals surface area contributed by atoms with E-state index in [1.807, 2.05) is 18.2 Å². The Hall–Kier alpha value is -4.16. The summed E-state index contributed by atoms with van der Waals surface area (Å²) in [5.74, 6) is -8.77. The van der Waals surface area contributed by atoms with E-state index >= 15 is 0 Å². The summed E-state index contributed by atoms with van der Waals surface area (Å²) in [5.41, 5.74) is -1.10. The molecule has 1 heterocycles. The van der Waals surface area contributed by atoms with E-state index < -0.39 is 45.9 Å². The fourth-order valence-corrected chi connectivity index (χ4v) is 4.80. The largest absolute Gasteiger partial charge is 0.477 e. The lowest BCUT2D eigenvalue weighted by Gasteiger charge is -2.24. The van der Waals surface area contributed by atoms with Gasteiger partial charge in [0.05, 0.1) is 11.1 Å². The molecule has 0 unspecified atom stereocenters. The summed E-state index contributed by atoms with van der Waals surface area (Å²) in [6, 6.07) is 13.0. The number of hydrogen-bond acceptors (Lipinski definition) is 4. The van der Waals surface area contributed by atoms with Crippen LogP contribution in [0.15, 0.2) is 42.0 Å². The van der Waals surface area contributed by atoms with Crippen molar-refractivity contribution in [3.8, 4) is 6.07 Å². The Morgan fingerprint density at radius 1 is 0.829 bits per heavy atom. The summed E-state index contributed by atoms with van der Waals surface area (Å²) in [6.45, 7) is 6.42. The summed E-state index contributed by atoms with van der Waals surface area (Å²) < 4.78 is 58.1. The van der Waals surface area contributed by atoms with Crippen molar-refractivity contribution in [2.24, 2.45) is 0 Å². The maximum Gasteiger partial charge on any atom is 0.346 e. The molecule has 0 aliphatic rings. The number of aliphatic carboxylic acids is 1. The van der Waals surface area contributed by atoms with Crippen molar-refractivity contribution in [1.29, 1.82) is 5.26 Å². The first kappa shape index (κ1) is 31.4. The van der Waals surface area contributed by atoms with Gasteiger partial charge in [-0.2, -0.15) is 5.26 Å². The summed E-state index contributed by atoms with van der Waals surface area (Å²) in [4.78, 5) is 14.8. The van der Waals surface area contributed by atoms with Crippen LogP contribution in [-0.2, 0) is 4.79 Å². The van der Waals surface area contributed by atoms with Crippen molar-refractivity contribution in [3.63, 3.8) is 0 Å². The van der Waals surface area contributed by atoms with Crippen molar-refractivity contribution in [1.82, 2.24) is 0 Å². The van der Waals surface area contributed by atoms with Crippen molar-refractivity contribution in [2.75, 3.05) is 18.0 Å². The Balaban J connectivity index is 1.76. The number of nitriles is 1. The number of carbonyl (C=O) groups is 1. The predicted molar refractivity (Wildman–Crippen MR) is 158 cm³/mol. The van der Waals surface area contributed by atoms with Crippen molar-refractivity contribution < 1.29 is 27.5 Å². The molecule has 9 heteroatoms. The molecule has 3 aromatic rings. The number of halogens is 4. The molecule has 1 aromatic heterocycles. The fourth-order valence-electron chi connectivity index (χ4n) is 3.98. The summed E-state index contributed by atoms with van der Waals surface area (Å²) in [5, 5.41) is 17.7. The maximum absolute atomic E-state index is 14.6. The van der Waals surface area contributed by atoms with Crippen LogP contribution in [0.25, 0.3) is 30.4 Å². The molecule has 41 heavy (non-hydrogen) atoms. The summed E-state index contributed by atoms with van der Waals surface area (Å²) in [7, 11) is 0. The maximum atomic E-state index is 14.6. The minimum absolute atomic E-state index is 0.257. The lowest BCUT2D eigenvalue weighted by Crippen LogP contribution is -2.25. The zero-order valence-electron chi connectivity index (χ0n) is 22.8. The number of rotatable bonds is 13. The number of carboxylic acids is 1. The zero-order chi connectivity index (χ0) is 29.9. The van der Waals surface area contributed by atoms with Crippen LogP contribution in [0.1, 0.15) is 66.0 Å². The van der Waals surface area contributed by atoms with Gasteiger partial charge in [0.1, 0.15) is 11.6 Å². The quantitative estimate of drug-likeness (QED) is 0.0945. The van der Waals surface area contributed by atoms with E-state index in [1.165, 1.54) is 29.2 Å². The number of nitrogens with zero attached hydrogens (tertiary/aromatic N) is 2. The monoisotopic (exact) mass is 582 g/mol. The van der Waals surface area contributed by atoms with E-state index in [2.05, 4.69) is 43.0 Å². The molecule has 0 aliphatic heterocycles. The first-order valence-electron chi connectivity index (χ1n) is 13.2. The highest BCUT2D eigenvalue weighted by atomic mass is 32.1. The van der Waals surface area contributed by atoms with Gasteiger partial charge >= 0.3 is 5.97 Å². The second-order valence-corrected chi connectivity index (χ2v) is 10.4. The fraction of sp³-hybridized carbons (Fsp3) is 0.250. The lowest BCUT2D eigenvalue weighted by molar-refractivity contribution is -0.132. The number of benzene rings is 2. The molecule has 0 saturated carbocycles. The first-order valence-corrected chi connectivity index (χ1v) is 14.0.